The van der Waals surface area contributed by atoms with Crippen LogP contribution >= 0.6 is 34.5 Å². The van der Waals surface area contributed by atoms with E-state index in [4.69, 9.17) is 23.2 Å². The van der Waals surface area contributed by atoms with E-state index < -0.39 is 11.2 Å². The van der Waals surface area contributed by atoms with Crippen molar-refractivity contribution in [2.24, 2.45) is 0 Å². The lowest BCUT2D eigenvalue weighted by molar-refractivity contribution is -0.115. The van der Waals surface area contributed by atoms with Gasteiger partial charge in [-0.05, 0) is 23.8 Å². The molecule has 1 aromatic carbocycles. The standard InChI is InChI=1S/C18H11Cl2N5O3S/c19-10-2-1-8(5-11(10)20)12-7-29-18(22-12)23-13(26)6-9-3-4-21-15-14(9)16(27)25-17(28)24-15/h1-5,7H,6H2,(H,22,23,26)(H2,21,24,25,27,28). The first-order valence-corrected chi connectivity index (χ1v) is 9.85. The number of amides is 1. The first-order chi connectivity index (χ1) is 13.9. The number of nitrogens with one attached hydrogen (secondary N) is 3. The number of aromatic nitrogens is 4. The van der Waals surface area contributed by atoms with Crippen LogP contribution in [0.15, 0.2) is 45.4 Å². The maximum atomic E-state index is 12.5. The fourth-order valence-electron chi connectivity index (χ4n) is 2.76. The summed E-state index contributed by atoms with van der Waals surface area (Å²) in [7, 11) is 0. The summed E-state index contributed by atoms with van der Waals surface area (Å²) in [6.45, 7) is 0. The van der Waals surface area contributed by atoms with E-state index in [2.05, 4.69) is 25.3 Å². The lowest BCUT2D eigenvalue weighted by Gasteiger charge is -2.05. The van der Waals surface area contributed by atoms with Crippen molar-refractivity contribution in [1.29, 1.82) is 0 Å². The summed E-state index contributed by atoms with van der Waals surface area (Å²) in [6.07, 6.45) is 1.34. The first kappa shape index (κ1) is 19.3. The van der Waals surface area contributed by atoms with Crippen LogP contribution < -0.4 is 16.6 Å². The van der Waals surface area contributed by atoms with Crippen LogP contribution in [0.25, 0.3) is 22.3 Å². The third-order valence-corrected chi connectivity index (χ3v) is 5.54. The van der Waals surface area contributed by atoms with Gasteiger partial charge in [-0.1, -0.05) is 29.3 Å². The number of fused-ring (bicyclic) bond motifs is 1. The Morgan fingerprint density at radius 1 is 1.14 bits per heavy atom. The van der Waals surface area contributed by atoms with Gasteiger partial charge in [0.05, 0.1) is 27.5 Å². The van der Waals surface area contributed by atoms with Crippen molar-refractivity contribution >= 4 is 56.6 Å². The second-order valence-corrected chi connectivity index (χ2v) is 7.67. The molecule has 0 aliphatic heterocycles. The second kappa shape index (κ2) is 7.78. The number of hydrogen-bond acceptors (Lipinski definition) is 6. The predicted molar refractivity (Wildman–Crippen MR) is 113 cm³/mol. The fraction of sp³-hybridized carbons (Fsp3) is 0.0556. The number of pyridine rings is 1. The molecule has 4 rings (SSSR count). The van der Waals surface area contributed by atoms with Crippen molar-refractivity contribution < 1.29 is 4.79 Å². The highest BCUT2D eigenvalue weighted by atomic mass is 35.5. The number of halogens is 2. The van der Waals surface area contributed by atoms with Gasteiger partial charge in [0.25, 0.3) is 5.56 Å². The van der Waals surface area contributed by atoms with Crippen LogP contribution in [-0.4, -0.2) is 25.8 Å². The van der Waals surface area contributed by atoms with Crippen LogP contribution in [0.5, 0.6) is 0 Å². The Kier molecular flexibility index (Phi) is 5.18. The number of nitrogens with zero attached hydrogens (tertiary/aromatic N) is 2. The summed E-state index contributed by atoms with van der Waals surface area (Å²) >= 11 is 13.2. The lowest BCUT2D eigenvalue weighted by Crippen LogP contribution is -2.24. The minimum Gasteiger partial charge on any atom is -0.302 e. The number of aromatic amines is 2. The molecule has 29 heavy (non-hydrogen) atoms. The molecule has 0 spiro atoms. The molecule has 4 aromatic rings. The van der Waals surface area contributed by atoms with E-state index in [1.807, 2.05) is 0 Å². The van der Waals surface area contributed by atoms with Crippen molar-refractivity contribution in [2.45, 2.75) is 6.42 Å². The minimum absolute atomic E-state index is 0.0875. The maximum absolute atomic E-state index is 12.5. The highest BCUT2D eigenvalue weighted by Gasteiger charge is 2.14. The minimum atomic E-state index is -0.658. The largest absolute Gasteiger partial charge is 0.327 e. The van der Waals surface area contributed by atoms with Gasteiger partial charge in [0.15, 0.2) is 5.13 Å². The maximum Gasteiger partial charge on any atom is 0.327 e. The molecule has 0 bridgehead atoms. The van der Waals surface area contributed by atoms with E-state index >= 15 is 0 Å². The van der Waals surface area contributed by atoms with Gasteiger partial charge < -0.3 is 5.32 Å². The molecular formula is C18H11Cl2N5O3S. The molecule has 3 heterocycles. The molecule has 0 saturated heterocycles. The van der Waals surface area contributed by atoms with E-state index in [0.717, 1.165) is 5.56 Å². The van der Waals surface area contributed by atoms with Gasteiger partial charge in [-0.2, -0.15) is 0 Å². The topological polar surface area (TPSA) is 121 Å². The van der Waals surface area contributed by atoms with Gasteiger partial charge in [-0.3, -0.25) is 19.6 Å². The van der Waals surface area contributed by atoms with Crippen molar-refractivity contribution in [3.8, 4) is 11.3 Å². The summed E-state index contributed by atoms with van der Waals surface area (Å²) in [5, 5.41) is 5.91. The number of H-pyrrole nitrogens is 2. The van der Waals surface area contributed by atoms with E-state index in [1.165, 1.54) is 17.5 Å². The molecule has 1 amide bonds. The van der Waals surface area contributed by atoms with Gasteiger partial charge in [0.1, 0.15) is 5.65 Å². The molecule has 3 aromatic heterocycles. The Morgan fingerprint density at radius 2 is 1.97 bits per heavy atom. The molecular weight excluding hydrogens is 437 g/mol. The lowest BCUT2D eigenvalue weighted by atomic mass is 10.1. The zero-order chi connectivity index (χ0) is 20.5. The third kappa shape index (κ3) is 4.07. The van der Waals surface area contributed by atoms with Gasteiger partial charge in [0, 0.05) is 17.1 Å². The summed E-state index contributed by atoms with van der Waals surface area (Å²) in [5.41, 5.74) is 0.718. The monoisotopic (exact) mass is 447 g/mol. The Bertz CT molecular complexity index is 1360. The number of carbonyl (C=O) groups excluding carboxylic acids is 1. The number of rotatable bonds is 4. The molecule has 8 nitrogen and oxygen atoms in total. The second-order valence-electron chi connectivity index (χ2n) is 5.99. The zero-order valence-electron chi connectivity index (χ0n) is 14.5. The van der Waals surface area contributed by atoms with E-state index in [9.17, 15) is 14.4 Å². The van der Waals surface area contributed by atoms with Crippen LogP contribution in [0, 0.1) is 0 Å². The molecule has 0 saturated carbocycles. The van der Waals surface area contributed by atoms with Crippen molar-refractivity contribution in [2.75, 3.05) is 5.32 Å². The fourth-order valence-corrected chi connectivity index (χ4v) is 3.79. The number of thiazole rings is 1. The van der Waals surface area contributed by atoms with Crippen LogP contribution in [0.3, 0.4) is 0 Å². The number of hydrogen-bond donors (Lipinski definition) is 3. The Morgan fingerprint density at radius 3 is 2.76 bits per heavy atom. The molecule has 0 aliphatic carbocycles. The predicted octanol–water partition coefficient (Wildman–Crippen LogP) is 3.22. The van der Waals surface area contributed by atoms with Gasteiger partial charge in [-0.15, -0.1) is 11.3 Å². The molecule has 0 atom stereocenters. The molecule has 0 aliphatic rings. The average Bonchev–Trinajstić information content (AvgIpc) is 3.12. The van der Waals surface area contributed by atoms with E-state index in [-0.39, 0.29) is 23.4 Å². The Labute approximate surface area is 176 Å². The van der Waals surface area contributed by atoms with Gasteiger partial charge in [0.2, 0.25) is 5.91 Å². The molecule has 0 unspecified atom stereocenters. The third-order valence-electron chi connectivity index (χ3n) is 4.04. The first-order valence-electron chi connectivity index (χ1n) is 8.22. The van der Waals surface area contributed by atoms with Crippen molar-refractivity contribution in [3.63, 3.8) is 0 Å². The molecule has 0 radical (unpaired) electrons. The number of carbonyl (C=O) groups is 1. The molecule has 3 N–H and O–H groups in total. The summed E-state index contributed by atoms with van der Waals surface area (Å²) in [4.78, 5) is 48.9. The summed E-state index contributed by atoms with van der Waals surface area (Å²) < 4.78 is 0. The average molecular weight is 448 g/mol. The van der Waals surface area contributed by atoms with E-state index in [1.54, 1.807) is 29.6 Å². The highest BCUT2D eigenvalue weighted by Crippen LogP contribution is 2.30. The van der Waals surface area contributed by atoms with E-state index in [0.29, 0.717) is 26.4 Å². The van der Waals surface area contributed by atoms with Crippen molar-refractivity contribution in [3.05, 3.63) is 72.3 Å². The number of benzene rings is 1. The smallest absolute Gasteiger partial charge is 0.302 e. The molecule has 11 heteroatoms. The van der Waals surface area contributed by atoms with Crippen LogP contribution in [0.4, 0.5) is 5.13 Å². The van der Waals surface area contributed by atoms with Crippen LogP contribution in [0.2, 0.25) is 10.0 Å². The van der Waals surface area contributed by atoms with Crippen LogP contribution in [-0.2, 0) is 11.2 Å². The van der Waals surface area contributed by atoms with Gasteiger partial charge >= 0.3 is 5.69 Å². The van der Waals surface area contributed by atoms with Crippen molar-refractivity contribution in [1.82, 2.24) is 19.9 Å². The van der Waals surface area contributed by atoms with Gasteiger partial charge in [-0.25, -0.2) is 14.8 Å². The Hall–Kier alpha value is -3.01. The summed E-state index contributed by atoms with van der Waals surface area (Å²) in [6, 6.07) is 6.71. The van der Waals surface area contributed by atoms with Crippen LogP contribution in [0.1, 0.15) is 5.56 Å². The highest BCUT2D eigenvalue weighted by molar-refractivity contribution is 7.14. The molecule has 146 valence electrons. The normalized spacial score (nSPS) is 11.0. The Balaban J connectivity index is 1.55. The summed E-state index contributed by atoms with van der Waals surface area (Å²) in [5.74, 6) is -0.363. The molecule has 0 fully saturated rings. The zero-order valence-corrected chi connectivity index (χ0v) is 16.8. The number of anilines is 1. The quantitative estimate of drug-likeness (QED) is 0.443. The SMILES string of the molecule is O=C(Cc1ccnc2[nH]c(=O)[nH]c(=O)c12)Nc1nc(-c2ccc(Cl)c(Cl)c2)cs1.